The zero-order valence-electron chi connectivity index (χ0n) is 8.83. The van der Waals surface area contributed by atoms with Gasteiger partial charge in [-0.1, -0.05) is 12.1 Å². The summed E-state index contributed by atoms with van der Waals surface area (Å²) < 4.78 is 5.38. The van der Waals surface area contributed by atoms with Crippen LogP contribution in [-0.4, -0.2) is 26.3 Å². The summed E-state index contributed by atoms with van der Waals surface area (Å²) in [6.45, 7) is 5.80. The van der Waals surface area contributed by atoms with Crippen LogP contribution >= 0.6 is 0 Å². The molecule has 0 atom stereocenters. The number of nitrogens with zero attached hydrogens (tertiary/aromatic N) is 1. The number of benzene rings is 1. The van der Waals surface area contributed by atoms with Crippen LogP contribution in [0.3, 0.4) is 0 Å². The summed E-state index contributed by atoms with van der Waals surface area (Å²) in [6, 6.07) is 6.62. The van der Waals surface area contributed by atoms with Gasteiger partial charge in [-0.3, -0.25) is 0 Å². The highest BCUT2D eigenvalue weighted by Gasteiger charge is 2.19. The minimum absolute atomic E-state index is 0.858. The topological polar surface area (TPSA) is 24.5 Å². The molecular weight excluding hydrogens is 188 g/mol. The lowest BCUT2D eigenvalue weighted by atomic mass is 10.1. The molecule has 3 heteroatoms. The van der Waals surface area contributed by atoms with Gasteiger partial charge in [-0.15, -0.1) is 0 Å². The third kappa shape index (κ3) is 1.62. The molecule has 0 amide bonds. The maximum absolute atomic E-state index is 5.38. The van der Waals surface area contributed by atoms with E-state index in [1.54, 1.807) is 0 Å². The number of anilines is 1. The van der Waals surface area contributed by atoms with E-state index in [2.05, 4.69) is 28.4 Å². The quantitative estimate of drug-likeness (QED) is 0.742. The second-order valence-corrected chi connectivity index (χ2v) is 4.12. The first kappa shape index (κ1) is 9.19. The Morgan fingerprint density at radius 3 is 2.87 bits per heavy atom. The van der Waals surface area contributed by atoms with E-state index >= 15 is 0 Å². The lowest BCUT2D eigenvalue weighted by molar-refractivity contribution is 0.122. The van der Waals surface area contributed by atoms with E-state index in [0.29, 0.717) is 0 Å². The SMILES string of the molecule is c1cc2c(c(N3CCOCC3)c1)CNC2. The molecule has 1 saturated heterocycles. The zero-order valence-corrected chi connectivity index (χ0v) is 8.83. The molecule has 3 rings (SSSR count). The van der Waals surface area contributed by atoms with Gasteiger partial charge in [0, 0.05) is 31.9 Å². The fraction of sp³-hybridized carbons (Fsp3) is 0.500. The average molecular weight is 204 g/mol. The third-order valence-corrected chi connectivity index (χ3v) is 3.22. The van der Waals surface area contributed by atoms with E-state index < -0.39 is 0 Å². The largest absolute Gasteiger partial charge is 0.378 e. The highest BCUT2D eigenvalue weighted by atomic mass is 16.5. The molecule has 0 radical (unpaired) electrons. The van der Waals surface area contributed by atoms with Crippen molar-refractivity contribution < 1.29 is 4.74 Å². The molecule has 80 valence electrons. The fourth-order valence-corrected chi connectivity index (χ4v) is 2.41. The van der Waals surface area contributed by atoms with E-state index in [1.807, 2.05) is 0 Å². The van der Waals surface area contributed by atoms with Crippen LogP contribution in [0.2, 0.25) is 0 Å². The predicted octanol–water partition coefficient (Wildman–Crippen LogP) is 1.13. The minimum Gasteiger partial charge on any atom is -0.378 e. The average Bonchev–Trinajstić information content (AvgIpc) is 2.78. The normalized spacial score (nSPS) is 20.4. The van der Waals surface area contributed by atoms with E-state index in [1.165, 1.54) is 16.8 Å². The van der Waals surface area contributed by atoms with E-state index in [4.69, 9.17) is 4.74 Å². The molecule has 1 aromatic carbocycles. The number of hydrogen-bond acceptors (Lipinski definition) is 3. The minimum atomic E-state index is 0.858. The van der Waals surface area contributed by atoms with Gasteiger partial charge in [-0.25, -0.2) is 0 Å². The summed E-state index contributed by atoms with van der Waals surface area (Å²) >= 11 is 0. The lowest BCUT2D eigenvalue weighted by Gasteiger charge is -2.30. The molecule has 0 unspecified atom stereocenters. The lowest BCUT2D eigenvalue weighted by Crippen LogP contribution is -2.36. The molecule has 2 heterocycles. The van der Waals surface area contributed by atoms with E-state index in [9.17, 15) is 0 Å². The van der Waals surface area contributed by atoms with Crippen molar-refractivity contribution in [1.29, 1.82) is 0 Å². The van der Waals surface area contributed by atoms with Crippen LogP contribution in [0.4, 0.5) is 5.69 Å². The Hall–Kier alpha value is -1.06. The summed E-state index contributed by atoms with van der Waals surface area (Å²) in [7, 11) is 0. The first-order valence-electron chi connectivity index (χ1n) is 5.59. The summed E-state index contributed by atoms with van der Waals surface area (Å²) in [5.74, 6) is 0. The molecule has 0 bridgehead atoms. The van der Waals surface area contributed by atoms with Crippen molar-refractivity contribution in [3.63, 3.8) is 0 Å². The van der Waals surface area contributed by atoms with Gasteiger partial charge in [0.25, 0.3) is 0 Å². The van der Waals surface area contributed by atoms with Gasteiger partial charge in [0.05, 0.1) is 13.2 Å². The van der Waals surface area contributed by atoms with Crippen molar-refractivity contribution in [1.82, 2.24) is 5.32 Å². The molecule has 0 spiro atoms. The molecule has 2 aliphatic heterocycles. The van der Waals surface area contributed by atoms with Crippen molar-refractivity contribution in [2.45, 2.75) is 13.1 Å². The van der Waals surface area contributed by atoms with Crippen LogP contribution in [0.5, 0.6) is 0 Å². The molecule has 0 aromatic heterocycles. The highest BCUT2D eigenvalue weighted by Crippen LogP contribution is 2.27. The maximum atomic E-state index is 5.38. The molecule has 2 aliphatic rings. The van der Waals surface area contributed by atoms with Crippen molar-refractivity contribution in [2.24, 2.45) is 0 Å². The monoisotopic (exact) mass is 204 g/mol. The first-order valence-corrected chi connectivity index (χ1v) is 5.59. The van der Waals surface area contributed by atoms with Gasteiger partial charge in [0.15, 0.2) is 0 Å². The zero-order chi connectivity index (χ0) is 10.1. The molecule has 15 heavy (non-hydrogen) atoms. The number of morpholine rings is 1. The second-order valence-electron chi connectivity index (χ2n) is 4.12. The molecule has 1 fully saturated rings. The van der Waals surface area contributed by atoms with Crippen LogP contribution in [0.25, 0.3) is 0 Å². The van der Waals surface area contributed by atoms with Gasteiger partial charge >= 0.3 is 0 Å². The number of ether oxygens (including phenoxy) is 1. The molecular formula is C12H16N2O. The Balaban J connectivity index is 1.93. The Bertz CT molecular complexity index is 359. The molecule has 3 nitrogen and oxygen atoms in total. The number of hydrogen-bond donors (Lipinski definition) is 1. The molecule has 0 aliphatic carbocycles. The van der Waals surface area contributed by atoms with Gasteiger partial charge in [-0.2, -0.15) is 0 Å². The van der Waals surface area contributed by atoms with Crippen molar-refractivity contribution in [3.8, 4) is 0 Å². The van der Waals surface area contributed by atoms with Crippen molar-refractivity contribution in [3.05, 3.63) is 29.3 Å². The number of nitrogens with one attached hydrogen (secondary N) is 1. The fourth-order valence-electron chi connectivity index (χ4n) is 2.41. The van der Waals surface area contributed by atoms with Crippen molar-refractivity contribution >= 4 is 5.69 Å². The Labute approximate surface area is 90.0 Å². The Morgan fingerprint density at radius 1 is 1.13 bits per heavy atom. The highest BCUT2D eigenvalue weighted by molar-refractivity contribution is 5.58. The van der Waals surface area contributed by atoms with Gasteiger partial charge in [-0.05, 0) is 17.2 Å². The predicted molar refractivity (Wildman–Crippen MR) is 60.0 cm³/mol. The van der Waals surface area contributed by atoms with Gasteiger partial charge in [0.1, 0.15) is 0 Å². The van der Waals surface area contributed by atoms with Crippen LogP contribution < -0.4 is 10.2 Å². The summed E-state index contributed by atoms with van der Waals surface area (Å²) in [6.07, 6.45) is 0. The smallest absolute Gasteiger partial charge is 0.0642 e. The maximum Gasteiger partial charge on any atom is 0.0642 e. The van der Waals surface area contributed by atoms with Crippen LogP contribution in [0.1, 0.15) is 11.1 Å². The first-order chi connectivity index (χ1) is 7.45. The molecule has 1 N–H and O–H groups in total. The standard InChI is InChI=1S/C12H16N2O/c1-2-10-8-13-9-11(10)12(3-1)14-4-6-15-7-5-14/h1-3,13H,4-9H2. The summed E-state index contributed by atoms with van der Waals surface area (Å²) in [5, 5.41) is 3.41. The second kappa shape index (κ2) is 3.83. The Morgan fingerprint density at radius 2 is 2.00 bits per heavy atom. The molecule has 0 saturated carbocycles. The van der Waals surface area contributed by atoms with Gasteiger partial charge < -0.3 is 15.0 Å². The third-order valence-electron chi connectivity index (χ3n) is 3.22. The summed E-state index contributed by atoms with van der Waals surface area (Å²) in [5.41, 5.74) is 4.35. The number of rotatable bonds is 1. The van der Waals surface area contributed by atoms with Gasteiger partial charge in [0.2, 0.25) is 0 Å². The van der Waals surface area contributed by atoms with Crippen LogP contribution in [0.15, 0.2) is 18.2 Å². The van der Waals surface area contributed by atoms with E-state index in [-0.39, 0.29) is 0 Å². The van der Waals surface area contributed by atoms with Crippen LogP contribution in [-0.2, 0) is 17.8 Å². The Kier molecular flexibility index (Phi) is 2.35. The number of fused-ring (bicyclic) bond motifs is 1. The molecule has 1 aromatic rings. The summed E-state index contributed by atoms with van der Waals surface area (Å²) in [4.78, 5) is 2.44. The van der Waals surface area contributed by atoms with Crippen molar-refractivity contribution in [2.75, 3.05) is 31.2 Å². The van der Waals surface area contributed by atoms with Crippen LogP contribution in [0, 0.1) is 0 Å². The van der Waals surface area contributed by atoms with E-state index in [0.717, 1.165) is 39.4 Å².